The molecule has 4 nitrogen and oxygen atoms in total. The van der Waals surface area contributed by atoms with E-state index in [9.17, 15) is 19.8 Å². The lowest BCUT2D eigenvalue weighted by Gasteiger charge is -2.25. The number of carboxylic acid groups (broad SMARTS) is 2. The molecule has 0 bridgehead atoms. The Morgan fingerprint density at radius 2 is 1.17 bits per heavy atom. The molecule has 0 fully saturated rings. The average molecular weight is 463 g/mol. The predicted octanol–water partition coefficient (Wildman–Crippen LogP) is 6.08. The van der Waals surface area contributed by atoms with Crippen LogP contribution in [0.25, 0.3) is 11.1 Å². The highest BCUT2D eigenvalue weighted by atomic mass is 16.4. The van der Waals surface area contributed by atoms with Gasteiger partial charge in [-0.25, -0.2) is 0 Å². The van der Waals surface area contributed by atoms with Crippen LogP contribution in [0.15, 0.2) is 97.1 Å². The van der Waals surface area contributed by atoms with Gasteiger partial charge in [-0.1, -0.05) is 97.1 Å². The molecular formula is C31H26O4. The fourth-order valence-corrected chi connectivity index (χ4v) is 5.31. The van der Waals surface area contributed by atoms with E-state index in [1.807, 2.05) is 84.9 Å². The van der Waals surface area contributed by atoms with Crippen molar-refractivity contribution in [1.82, 2.24) is 0 Å². The second-order valence-electron chi connectivity index (χ2n) is 9.09. The summed E-state index contributed by atoms with van der Waals surface area (Å²) in [6, 6.07) is 31.0. The molecule has 0 saturated heterocycles. The van der Waals surface area contributed by atoms with Gasteiger partial charge < -0.3 is 10.2 Å². The summed E-state index contributed by atoms with van der Waals surface area (Å²) < 4.78 is 0. The standard InChI is InChI=1S/C31H26O4/c32-30(33)27(17-20-9-3-1-4-10-20)25-16-15-24-23-14-8-7-13-22(23)19-26(24)29(25)28(31(34)35)18-21-11-5-2-6-12-21/h1-16,27-28H,17-19H2,(H,32,33)(H,34,35). The number of benzene rings is 4. The first-order valence-corrected chi connectivity index (χ1v) is 11.8. The molecule has 1 aliphatic rings. The van der Waals surface area contributed by atoms with Crippen LogP contribution in [0.1, 0.15) is 45.2 Å². The molecule has 0 aromatic heterocycles. The maximum Gasteiger partial charge on any atom is 0.311 e. The largest absolute Gasteiger partial charge is 0.481 e. The van der Waals surface area contributed by atoms with Crippen molar-refractivity contribution in [3.8, 4) is 11.1 Å². The summed E-state index contributed by atoms with van der Waals surface area (Å²) in [5, 5.41) is 20.7. The normalized spacial score (nSPS) is 13.5. The highest BCUT2D eigenvalue weighted by Gasteiger charge is 2.34. The molecule has 4 aromatic rings. The average Bonchev–Trinajstić information content (AvgIpc) is 3.25. The minimum Gasteiger partial charge on any atom is -0.481 e. The van der Waals surface area contributed by atoms with E-state index >= 15 is 0 Å². The smallest absolute Gasteiger partial charge is 0.311 e. The van der Waals surface area contributed by atoms with Crippen molar-refractivity contribution < 1.29 is 19.8 Å². The fourth-order valence-electron chi connectivity index (χ4n) is 5.31. The molecule has 0 spiro atoms. The molecule has 0 radical (unpaired) electrons. The van der Waals surface area contributed by atoms with Crippen molar-refractivity contribution in [1.29, 1.82) is 0 Å². The van der Waals surface area contributed by atoms with Crippen molar-refractivity contribution in [2.75, 3.05) is 0 Å². The molecule has 2 N–H and O–H groups in total. The number of aliphatic carboxylic acids is 2. The Bertz CT molecular complexity index is 1380. The lowest BCUT2D eigenvalue weighted by Crippen LogP contribution is -2.23. The van der Waals surface area contributed by atoms with Crippen molar-refractivity contribution in [3.05, 3.63) is 130 Å². The molecular weight excluding hydrogens is 436 g/mol. The molecule has 1 aliphatic carbocycles. The van der Waals surface area contributed by atoms with Crippen molar-refractivity contribution >= 4 is 11.9 Å². The van der Waals surface area contributed by atoms with Crippen molar-refractivity contribution in [2.24, 2.45) is 0 Å². The maximum absolute atomic E-state index is 12.7. The van der Waals surface area contributed by atoms with Gasteiger partial charge in [0, 0.05) is 0 Å². The van der Waals surface area contributed by atoms with Gasteiger partial charge in [-0.15, -0.1) is 0 Å². The molecule has 4 aromatic carbocycles. The molecule has 0 heterocycles. The summed E-state index contributed by atoms with van der Waals surface area (Å²) in [6.45, 7) is 0. The first kappa shape index (κ1) is 22.6. The third-order valence-electron chi connectivity index (χ3n) is 6.95. The summed E-state index contributed by atoms with van der Waals surface area (Å²) in [4.78, 5) is 25.3. The van der Waals surface area contributed by atoms with Gasteiger partial charge >= 0.3 is 11.9 Å². The molecule has 2 atom stereocenters. The zero-order chi connectivity index (χ0) is 24.4. The Balaban J connectivity index is 1.69. The van der Waals surface area contributed by atoms with Gasteiger partial charge in [-0.3, -0.25) is 9.59 Å². The number of carboxylic acids is 2. The van der Waals surface area contributed by atoms with Gasteiger partial charge in [0.25, 0.3) is 0 Å². The lowest BCUT2D eigenvalue weighted by atomic mass is 9.78. The molecule has 0 saturated carbocycles. The third kappa shape index (κ3) is 4.47. The Labute approximate surface area is 204 Å². The fraction of sp³-hybridized carbons (Fsp3) is 0.161. The SMILES string of the molecule is O=C(O)C(Cc1ccccc1)c1ccc2c(c1C(Cc1ccccc1)C(=O)O)Cc1ccccc1-2. The first-order valence-electron chi connectivity index (χ1n) is 11.8. The van der Waals surface area contributed by atoms with E-state index in [-0.39, 0.29) is 0 Å². The van der Waals surface area contributed by atoms with E-state index in [4.69, 9.17) is 0 Å². The Morgan fingerprint density at radius 3 is 1.77 bits per heavy atom. The summed E-state index contributed by atoms with van der Waals surface area (Å²) >= 11 is 0. The monoisotopic (exact) mass is 462 g/mol. The molecule has 2 unspecified atom stereocenters. The quantitative estimate of drug-likeness (QED) is 0.293. The first-order chi connectivity index (χ1) is 17.0. The maximum atomic E-state index is 12.7. The van der Waals surface area contributed by atoms with E-state index in [2.05, 4.69) is 12.1 Å². The number of fused-ring (bicyclic) bond motifs is 3. The van der Waals surface area contributed by atoms with Crippen molar-refractivity contribution in [3.63, 3.8) is 0 Å². The molecule has 5 rings (SSSR count). The van der Waals surface area contributed by atoms with Gasteiger partial charge in [0.15, 0.2) is 0 Å². The predicted molar refractivity (Wildman–Crippen MR) is 136 cm³/mol. The zero-order valence-electron chi connectivity index (χ0n) is 19.2. The Kier molecular flexibility index (Phi) is 6.19. The summed E-state index contributed by atoms with van der Waals surface area (Å²) in [6.07, 6.45) is 1.20. The second kappa shape index (κ2) is 9.59. The van der Waals surface area contributed by atoms with Crippen molar-refractivity contribution in [2.45, 2.75) is 31.1 Å². The van der Waals surface area contributed by atoms with E-state index in [1.54, 1.807) is 0 Å². The second-order valence-corrected chi connectivity index (χ2v) is 9.09. The summed E-state index contributed by atoms with van der Waals surface area (Å²) in [5.74, 6) is -3.59. The van der Waals surface area contributed by atoms with Crippen LogP contribution >= 0.6 is 0 Å². The van der Waals surface area contributed by atoms with E-state index in [1.165, 1.54) is 0 Å². The summed E-state index contributed by atoms with van der Waals surface area (Å²) in [5.41, 5.74) is 7.23. The number of hydrogen-bond acceptors (Lipinski definition) is 2. The topological polar surface area (TPSA) is 74.6 Å². The van der Waals surface area contributed by atoms with Crippen LogP contribution in [0, 0.1) is 0 Å². The van der Waals surface area contributed by atoms with Gasteiger partial charge in [0.1, 0.15) is 0 Å². The van der Waals surface area contributed by atoms with E-state index in [0.717, 1.165) is 33.4 Å². The van der Waals surface area contributed by atoms with Gasteiger partial charge in [-0.2, -0.15) is 0 Å². The molecule has 174 valence electrons. The van der Waals surface area contributed by atoms with Gasteiger partial charge in [0.2, 0.25) is 0 Å². The van der Waals surface area contributed by atoms with Gasteiger partial charge in [-0.05, 0) is 63.8 Å². The Hall–Kier alpha value is -4.18. The molecule has 0 amide bonds. The van der Waals surface area contributed by atoms with E-state index < -0.39 is 23.8 Å². The highest BCUT2D eigenvalue weighted by molar-refractivity contribution is 5.86. The minimum atomic E-state index is -0.950. The van der Waals surface area contributed by atoms with Crippen LogP contribution < -0.4 is 0 Å². The van der Waals surface area contributed by atoms with Crippen LogP contribution in [-0.2, 0) is 28.9 Å². The van der Waals surface area contributed by atoms with Gasteiger partial charge in [0.05, 0.1) is 11.8 Å². The number of rotatable bonds is 8. The third-order valence-corrected chi connectivity index (χ3v) is 6.95. The number of hydrogen-bond donors (Lipinski definition) is 2. The van der Waals surface area contributed by atoms with E-state index in [0.29, 0.717) is 30.4 Å². The Morgan fingerprint density at radius 1 is 0.629 bits per heavy atom. The van der Waals surface area contributed by atoms with Crippen LogP contribution in [0.5, 0.6) is 0 Å². The zero-order valence-corrected chi connectivity index (χ0v) is 19.2. The van der Waals surface area contributed by atoms with Crippen LogP contribution in [0.4, 0.5) is 0 Å². The lowest BCUT2D eigenvalue weighted by molar-refractivity contribution is -0.140. The highest BCUT2D eigenvalue weighted by Crippen LogP contribution is 2.44. The minimum absolute atomic E-state index is 0.298. The molecule has 4 heteroatoms. The van der Waals surface area contributed by atoms with Crippen LogP contribution in [-0.4, -0.2) is 22.2 Å². The molecule has 35 heavy (non-hydrogen) atoms. The van der Waals surface area contributed by atoms with Crippen LogP contribution in [0.2, 0.25) is 0 Å². The number of carbonyl (C=O) groups is 2. The van der Waals surface area contributed by atoms with Crippen LogP contribution in [0.3, 0.4) is 0 Å². The summed E-state index contributed by atoms with van der Waals surface area (Å²) in [7, 11) is 0. The molecule has 0 aliphatic heterocycles.